The van der Waals surface area contributed by atoms with Gasteiger partial charge in [-0.2, -0.15) is 9.61 Å². The molecule has 5 rings (SSSR count). The van der Waals surface area contributed by atoms with Crippen molar-refractivity contribution in [2.45, 2.75) is 6.54 Å². The summed E-state index contributed by atoms with van der Waals surface area (Å²) in [5, 5.41) is 3.92. The van der Waals surface area contributed by atoms with Crippen LogP contribution in [0.5, 0.6) is 0 Å². The molecule has 0 atom stereocenters. The topological polar surface area (TPSA) is 67.6 Å². The molecule has 1 aliphatic heterocycles. The smallest absolute Gasteiger partial charge is 0.291 e. The number of carbonyl (C=O) groups is 1. The van der Waals surface area contributed by atoms with Crippen molar-refractivity contribution in [1.82, 2.24) is 14.6 Å². The van der Waals surface area contributed by atoms with E-state index in [0.29, 0.717) is 20.6 Å². The van der Waals surface area contributed by atoms with Gasteiger partial charge in [0, 0.05) is 5.56 Å². The molecule has 0 N–H and O–H groups in total. The molecule has 132 valence electrons. The zero-order valence-electron chi connectivity index (χ0n) is 13.8. The van der Waals surface area contributed by atoms with Crippen LogP contribution in [0.3, 0.4) is 0 Å². The molecule has 0 radical (unpaired) electrons. The number of halogens is 1. The Morgan fingerprint density at radius 1 is 1.04 bits per heavy atom. The SMILES string of the molecule is O=C1/C(=c2\sc3ncnn3c2=O)c2ccccc2N1Cc1ccc(F)cc1. The molecular formula is C19H11FN4O2S. The predicted octanol–water partition coefficient (Wildman–Crippen LogP) is 1.75. The van der Waals surface area contributed by atoms with E-state index in [1.807, 2.05) is 24.3 Å². The van der Waals surface area contributed by atoms with Crippen LogP contribution in [0.2, 0.25) is 0 Å². The molecular weight excluding hydrogens is 367 g/mol. The van der Waals surface area contributed by atoms with Crippen LogP contribution >= 0.6 is 11.3 Å². The lowest BCUT2D eigenvalue weighted by Crippen LogP contribution is -2.32. The highest BCUT2D eigenvalue weighted by Gasteiger charge is 2.34. The maximum atomic E-state index is 13.2. The highest BCUT2D eigenvalue weighted by atomic mass is 32.1. The third kappa shape index (κ3) is 2.37. The van der Waals surface area contributed by atoms with Crippen molar-refractivity contribution in [3.8, 4) is 0 Å². The summed E-state index contributed by atoms with van der Waals surface area (Å²) in [7, 11) is 0. The number of thiazole rings is 1. The second-order valence-electron chi connectivity index (χ2n) is 6.10. The van der Waals surface area contributed by atoms with Gasteiger partial charge in [0.15, 0.2) is 0 Å². The zero-order valence-corrected chi connectivity index (χ0v) is 14.6. The van der Waals surface area contributed by atoms with E-state index in [1.54, 1.807) is 17.0 Å². The van der Waals surface area contributed by atoms with E-state index < -0.39 is 0 Å². The minimum absolute atomic E-state index is 0.262. The van der Waals surface area contributed by atoms with Crippen molar-refractivity contribution in [3.05, 3.63) is 86.7 Å². The molecule has 8 heteroatoms. The van der Waals surface area contributed by atoms with Crippen molar-refractivity contribution in [3.63, 3.8) is 0 Å². The lowest BCUT2D eigenvalue weighted by Gasteiger charge is -2.17. The van der Waals surface area contributed by atoms with Crippen molar-refractivity contribution in [2.75, 3.05) is 4.90 Å². The maximum Gasteiger partial charge on any atom is 0.291 e. The van der Waals surface area contributed by atoms with Crippen LogP contribution in [-0.2, 0) is 11.3 Å². The molecule has 2 aromatic heterocycles. The average Bonchev–Trinajstić information content (AvgIpc) is 3.32. The van der Waals surface area contributed by atoms with Crippen LogP contribution in [-0.4, -0.2) is 20.5 Å². The van der Waals surface area contributed by atoms with Gasteiger partial charge in [-0.15, -0.1) is 0 Å². The summed E-state index contributed by atoms with van der Waals surface area (Å²) in [4.78, 5) is 32.0. The standard InChI is InChI=1S/C19H11FN4O2S/c20-12-7-5-11(6-8-12)9-23-14-4-2-1-3-13(14)15(17(23)25)16-18(26)24-19(27-16)21-10-22-24/h1-8,10H,9H2/b16-15-. The lowest BCUT2D eigenvalue weighted by atomic mass is 10.1. The van der Waals surface area contributed by atoms with E-state index in [2.05, 4.69) is 10.1 Å². The zero-order chi connectivity index (χ0) is 18.5. The Labute approximate surface area is 155 Å². The highest BCUT2D eigenvalue weighted by Crippen LogP contribution is 2.36. The molecule has 1 aliphatic rings. The molecule has 0 saturated carbocycles. The average molecular weight is 378 g/mol. The monoisotopic (exact) mass is 378 g/mol. The molecule has 0 spiro atoms. The molecule has 0 bridgehead atoms. The molecule has 1 amide bonds. The van der Waals surface area contributed by atoms with Crippen molar-refractivity contribution in [2.24, 2.45) is 0 Å². The predicted molar refractivity (Wildman–Crippen MR) is 98.9 cm³/mol. The van der Waals surface area contributed by atoms with Crippen molar-refractivity contribution in [1.29, 1.82) is 0 Å². The fourth-order valence-corrected chi connectivity index (χ4v) is 4.23. The first-order valence-electron chi connectivity index (χ1n) is 8.16. The number of anilines is 1. The van der Waals surface area contributed by atoms with Crippen molar-refractivity contribution < 1.29 is 9.18 Å². The number of hydrogen-bond donors (Lipinski definition) is 0. The van der Waals surface area contributed by atoms with Gasteiger partial charge in [0.05, 0.1) is 17.8 Å². The summed E-state index contributed by atoms with van der Waals surface area (Å²) >= 11 is 1.15. The molecule has 4 aromatic rings. The lowest BCUT2D eigenvalue weighted by molar-refractivity contribution is -0.113. The summed E-state index contributed by atoms with van der Waals surface area (Å²) in [5.74, 6) is -0.591. The number of carbonyl (C=O) groups excluding carboxylic acids is 1. The van der Waals surface area contributed by atoms with Gasteiger partial charge in [-0.1, -0.05) is 41.7 Å². The summed E-state index contributed by atoms with van der Waals surface area (Å²) in [6.45, 7) is 0.286. The number of para-hydroxylation sites is 1. The summed E-state index contributed by atoms with van der Waals surface area (Å²) < 4.78 is 14.7. The third-order valence-corrected chi connectivity index (χ3v) is 5.54. The Kier molecular flexibility index (Phi) is 3.41. The van der Waals surface area contributed by atoms with E-state index >= 15 is 0 Å². The first-order valence-corrected chi connectivity index (χ1v) is 8.97. The Bertz CT molecular complexity index is 1310. The van der Waals surface area contributed by atoms with E-state index in [9.17, 15) is 14.0 Å². The van der Waals surface area contributed by atoms with Gasteiger partial charge in [-0.25, -0.2) is 9.37 Å². The van der Waals surface area contributed by atoms with E-state index in [4.69, 9.17) is 0 Å². The van der Waals surface area contributed by atoms with Gasteiger partial charge in [-0.3, -0.25) is 9.59 Å². The Hall–Kier alpha value is -3.39. The molecule has 0 unspecified atom stereocenters. The normalized spacial score (nSPS) is 15.6. The molecule has 2 aromatic carbocycles. The van der Waals surface area contributed by atoms with Gasteiger partial charge in [0.2, 0.25) is 4.96 Å². The molecule has 27 heavy (non-hydrogen) atoms. The number of fused-ring (bicyclic) bond motifs is 2. The van der Waals surface area contributed by atoms with Crippen molar-refractivity contribution >= 4 is 33.5 Å². The summed E-state index contributed by atoms with van der Waals surface area (Å²) in [6, 6.07) is 13.3. The van der Waals surface area contributed by atoms with Gasteiger partial charge >= 0.3 is 0 Å². The van der Waals surface area contributed by atoms with Gasteiger partial charge in [0.25, 0.3) is 11.5 Å². The maximum absolute atomic E-state index is 13.2. The number of nitrogens with zero attached hydrogens (tertiary/aromatic N) is 4. The molecule has 0 aliphatic carbocycles. The number of rotatable bonds is 2. The highest BCUT2D eigenvalue weighted by molar-refractivity contribution is 7.15. The van der Waals surface area contributed by atoms with E-state index in [-0.39, 0.29) is 23.8 Å². The number of hydrogen-bond acceptors (Lipinski definition) is 5. The van der Waals surface area contributed by atoms with Gasteiger partial charge < -0.3 is 4.90 Å². The first kappa shape index (κ1) is 15.8. The van der Waals surface area contributed by atoms with Crippen LogP contribution < -0.4 is 15.0 Å². The quantitative estimate of drug-likeness (QED) is 0.533. The van der Waals surface area contributed by atoms with Crippen LogP contribution in [0, 0.1) is 5.82 Å². The van der Waals surface area contributed by atoms with Crippen LogP contribution in [0.15, 0.2) is 59.7 Å². The molecule has 0 saturated heterocycles. The van der Waals surface area contributed by atoms with Crippen LogP contribution in [0.25, 0.3) is 10.5 Å². The van der Waals surface area contributed by atoms with Gasteiger partial charge in [-0.05, 0) is 23.8 Å². The molecule has 3 heterocycles. The second-order valence-corrected chi connectivity index (χ2v) is 7.08. The second kappa shape index (κ2) is 5.82. The Morgan fingerprint density at radius 2 is 1.81 bits per heavy atom. The third-order valence-electron chi connectivity index (χ3n) is 4.50. The number of amides is 1. The van der Waals surface area contributed by atoms with E-state index in [0.717, 1.165) is 22.6 Å². The van der Waals surface area contributed by atoms with Crippen LogP contribution in [0.1, 0.15) is 11.1 Å². The first-order chi connectivity index (χ1) is 13.1. The Morgan fingerprint density at radius 3 is 2.59 bits per heavy atom. The Balaban J connectivity index is 1.71. The minimum atomic E-state index is -0.353. The number of aromatic nitrogens is 3. The molecule has 6 nitrogen and oxygen atoms in total. The van der Waals surface area contributed by atoms with Gasteiger partial charge in [0.1, 0.15) is 16.7 Å². The minimum Gasteiger partial charge on any atom is -0.303 e. The largest absolute Gasteiger partial charge is 0.303 e. The van der Waals surface area contributed by atoms with E-state index in [1.165, 1.54) is 23.0 Å². The fourth-order valence-electron chi connectivity index (χ4n) is 3.26. The molecule has 0 fully saturated rings. The number of benzene rings is 2. The summed E-state index contributed by atoms with van der Waals surface area (Å²) in [5.41, 5.74) is 2.22. The van der Waals surface area contributed by atoms with Crippen LogP contribution in [0.4, 0.5) is 10.1 Å². The summed E-state index contributed by atoms with van der Waals surface area (Å²) in [6.07, 6.45) is 1.31. The fraction of sp³-hybridized carbons (Fsp3) is 0.0526.